The van der Waals surface area contributed by atoms with E-state index in [4.69, 9.17) is 0 Å². The number of rotatable bonds is 3. The highest BCUT2D eigenvalue weighted by atomic mass is 16.2. The molecule has 0 saturated carbocycles. The Morgan fingerprint density at radius 3 is 2.79 bits per heavy atom. The average molecular weight is 327 g/mol. The molecule has 0 unspecified atom stereocenters. The van der Waals surface area contributed by atoms with Crippen molar-refractivity contribution in [2.75, 3.05) is 50.7 Å². The van der Waals surface area contributed by atoms with Crippen LogP contribution in [-0.2, 0) is 6.42 Å². The molecule has 3 heterocycles. The third-order valence-corrected chi connectivity index (χ3v) is 5.91. The monoisotopic (exact) mass is 327 g/mol. The summed E-state index contributed by atoms with van der Waals surface area (Å²) in [4.78, 5) is 20.1. The summed E-state index contributed by atoms with van der Waals surface area (Å²) in [5.74, 6) is 0.229. The second-order valence-electron chi connectivity index (χ2n) is 8.39. The average Bonchev–Trinajstić information content (AvgIpc) is 2.90. The number of benzene rings is 1. The summed E-state index contributed by atoms with van der Waals surface area (Å²) in [5, 5.41) is 0. The summed E-state index contributed by atoms with van der Waals surface area (Å²) in [6.07, 6.45) is 3.68. The molecule has 0 spiro atoms. The molecule has 0 N–H and O–H groups in total. The Bertz CT molecular complexity index is 640. The molecule has 0 aromatic heterocycles. The highest BCUT2D eigenvalue weighted by Crippen LogP contribution is 2.34. The lowest BCUT2D eigenvalue weighted by atomic mass is 9.84. The number of carbonyl (C=O) groups is 1. The number of para-hydroxylation sites is 1. The number of piperidine rings is 1. The molecular weight excluding hydrogens is 298 g/mol. The SMILES string of the molecule is CC1(C)CCCN(CCN2CCN3CCc4cccc(c43)C2=O)C1. The summed E-state index contributed by atoms with van der Waals surface area (Å²) in [5.41, 5.74) is 3.89. The van der Waals surface area contributed by atoms with Crippen LogP contribution in [0.2, 0.25) is 0 Å². The molecule has 1 aromatic rings. The van der Waals surface area contributed by atoms with Crippen LogP contribution in [0.3, 0.4) is 0 Å². The summed E-state index contributed by atoms with van der Waals surface area (Å²) in [7, 11) is 0. The van der Waals surface area contributed by atoms with E-state index in [1.807, 2.05) is 12.1 Å². The first-order valence-corrected chi connectivity index (χ1v) is 9.42. The number of likely N-dealkylation sites (tertiary alicyclic amines) is 1. The quantitative estimate of drug-likeness (QED) is 0.854. The lowest BCUT2D eigenvalue weighted by Crippen LogP contribution is -2.45. The molecule has 130 valence electrons. The number of nitrogens with zero attached hydrogens (tertiary/aromatic N) is 3. The van der Waals surface area contributed by atoms with Gasteiger partial charge in [0.15, 0.2) is 0 Å². The number of hydrogen-bond donors (Lipinski definition) is 0. The van der Waals surface area contributed by atoms with Gasteiger partial charge < -0.3 is 14.7 Å². The number of hydrogen-bond acceptors (Lipinski definition) is 3. The minimum Gasteiger partial charge on any atom is -0.369 e. The van der Waals surface area contributed by atoms with Gasteiger partial charge in [0, 0.05) is 39.3 Å². The van der Waals surface area contributed by atoms with E-state index in [9.17, 15) is 4.79 Å². The van der Waals surface area contributed by atoms with E-state index in [1.165, 1.54) is 30.6 Å². The molecule has 1 saturated heterocycles. The van der Waals surface area contributed by atoms with Crippen molar-refractivity contribution in [2.45, 2.75) is 33.1 Å². The molecule has 0 radical (unpaired) electrons. The molecule has 24 heavy (non-hydrogen) atoms. The van der Waals surface area contributed by atoms with Crippen molar-refractivity contribution < 1.29 is 4.79 Å². The molecule has 1 aromatic carbocycles. The van der Waals surface area contributed by atoms with Crippen LogP contribution in [0.15, 0.2) is 18.2 Å². The van der Waals surface area contributed by atoms with Crippen LogP contribution in [0.1, 0.15) is 42.6 Å². The first-order chi connectivity index (χ1) is 11.5. The van der Waals surface area contributed by atoms with Crippen LogP contribution in [0, 0.1) is 5.41 Å². The maximum atomic E-state index is 13.0. The van der Waals surface area contributed by atoms with Gasteiger partial charge in [-0.3, -0.25) is 4.79 Å². The maximum Gasteiger partial charge on any atom is 0.256 e. The fraction of sp³-hybridized carbons (Fsp3) is 0.650. The molecule has 4 nitrogen and oxygen atoms in total. The minimum absolute atomic E-state index is 0.229. The minimum atomic E-state index is 0.229. The van der Waals surface area contributed by atoms with Gasteiger partial charge in [0.2, 0.25) is 0 Å². The first-order valence-electron chi connectivity index (χ1n) is 9.42. The van der Waals surface area contributed by atoms with E-state index in [0.717, 1.165) is 51.3 Å². The van der Waals surface area contributed by atoms with Crippen molar-refractivity contribution >= 4 is 11.6 Å². The Hall–Kier alpha value is -1.55. The Morgan fingerprint density at radius 1 is 1.08 bits per heavy atom. The lowest BCUT2D eigenvalue weighted by Gasteiger charge is -2.38. The fourth-order valence-corrected chi connectivity index (χ4v) is 4.65. The first kappa shape index (κ1) is 15.9. The smallest absolute Gasteiger partial charge is 0.256 e. The number of carbonyl (C=O) groups excluding carboxylic acids is 1. The molecule has 0 atom stereocenters. The molecule has 4 heteroatoms. The van der Waals surface area contributed by atoms with E-state index >= 15 is 0 Å². The summed E-state index contributed by atoms with van der Waals surface area (Å²) in [6.45, 7) is 11.8. The van der Waals surface area contributed by atoms with Gasteiger partial charge in [-0.25, -0.2) is 0 Å². The number of anilines is 1. The zero-order valence-electron chi connectivity index (χ0n) is 15.1. The van der Waals surface area contributed by atoms with Crippen molar-refractivity contribution in [3.8, 4) is 0 Å². The zero-order valence-corrected chi connectivity index (χ0v) is 15.1. The van der Waals surface area contributed by atoms with Gasteiger partial charge >= 0.3 is 0 Å². The van der Waals surface area contributed by atoms with E-state index in [-0.39, 0.29) is 5.91 Å². The van der Waals surface area contributed by atoms with Crippen LogP contribution >= 0.6 is 0 Å². The standard InChI is InChI=1S/C20H29N3O/c1-20(2)8-4-9-21(15-20)11-12-23-14-13-22-10-7-16-5-3-6-17(18(16)22)19(23)24/h3,5-6H,4,7-15H2,1-2H3. The summed E-state index contributed by atoms with van der Waals surface area (Å²) >= 11 is 0. The van der Waals surface area contributed by atoms with E-state index in [2.05, 4.69) is 34.6 Å². The Kier molecular flexibility index (Phi) is 4.03. The molecule has 3 aliphatic rings. The third-order valence-electron chi connectivity index (χ3n) is 5.91. The second kappa shape index (κ2) is 6.07. The molecular formula is C20H29N3O. The predicted molar refractivity (Wildman–Crippen MR) is 97.7 cm³/mol. The van der Waals surface area contributed by atoms with Crippen molar-refractivity contribution in [3.05, 3.63) is 29.3 Å². The van der Waals surface area contributed by atoms with Crippen LogP contribution in [-0.4, -0.2) is 61.5 Å². The zero-order chi connectivity index (χ0) is 16.7. The van der Waals surface area contributed by atoms with Crippen molar-refractivity contribution in [3.63, 3.8) is 0 Å². The molecule has 0 aliphatic carbocycles. The van der Waals surface area contributed by atoms with Gasteiger partial charge in [-0.2, -0.15) is 0 Å². The van der Waals surface area contributed by atoms with E-state index in [1.54, 1.807) is 0 Å². The van der Waals surface area contributed by atoms with Crippen molar-refractivity contribution in [1.82, 2.24) is 9.80 Å². The maximum absolute atomic E-state index is 13.0. The van der Waals surface area contributed by atoms with Gasteiger partial charge in [-0.05, 0) is 42.9 Å². The largest absolute Gasteiger partial charge is 0.369 e. The predicted octanol–water partition coefficient (Wildman–Crippen LogP) is 2.63. The highest BCUT2D eigenvalue weighted by molar-refractivity contribution is 6.01. The van der Waals surface area contributed by atoms with Crippen LogP contribution in [0.25, 0.3) is 0 Å². The normalized spacial score (nSPS) is 23.3. The Morgan fingerprint density at radius 2 is 1.96 bits per heavy atom. The number of amides is 1. The third kappa shape index (κ3) is 2.92. The fourth-order valence-electron chi connectivity index (χ4n) is 4.65. The van der Waals surface area contributed by atoms with Gasteiger partial charge in [0.25, 0.3) is 5.91 Å². The van der Waals surface area contributed by atoms with Gasteiger partial charge in [-0.1, -0.05) is 26.0 Å². The topological polar surface area (TPSA) is 26.8 Å². The van der Waals surface area contributed by atoms with Crippen LogP contribution < -0.4 is 4.90 Å². The Labute approximate surface area is 145 Å². The van der Waals surface area contributed by atoms with E-state index in [0.29, 0.717) is 5.41 Å². The van der Waals surface area contributed by atoms with Crippen molar-refractivity contribution in [2.24, 2.45) is 5.41 Å². The summed E-state index contributed by atoms with van der Waals surface area (Å²) in [6, 6.07) is 6.24. The van der Waals surface area contributed by atoms with Gasteiger partial charge in [0.1, 0.15) is 0 Å². The van der Waals surface area contributed by atoms with Crippen LogP contribution in [0.4, 0.5) is 5.69 Å². The van der Waals surface area contributed by atoms with Gasteiger partial charge in [0.05, 0.1) is 11.3 Å². The van der Waals surface area contributed by atoms with Gasteiger partial charge in [-0.15, -0.1) is 0 Å². The molecule has 0 bridgehead atoms. The highest BCUT2D eigenvalue weighted by Gasteiger charge is 2.32. The second-order valence-corrected chi connectivity index (χ2v) is 8.39. The lowest BCUT2D eigenvalue weighted by molar-refractivity contribution is 0.0697. The molecule has 1 amide bonds. The summed E-state index contributed by atoms with van der Waals surface area (Å²) < 4.78 is 0. The van der Waals surface area contributed by atoms with E-state index < -0.39 is 0 Å². The van der Waals surface area contributed by atoms with Crippen LogP contribution in [0.5, 0.6) is 0 Å². The molecule has 4 rings (SSSR count). The molecule has 1 fully saturated rings. The Balaban J connectivity index is 1.46. The molecule has 3 aliphatic heterocycles. The van der Waals surface area contributed by atoms with Crippen molar-refractivity contribution in [1.29, 1.82) is 0 Å².